The van der Waals surface area contributed by atoms with Gasteiger partial charge >= 0.3 is 0 Å². The van der Waals surface area contributed by atoms with Crippen LogP contribution in [0.5, 0.6) is 5.75 Å². The number of ether oxygens (including phenoxy) is 2. The number of rotatable bonds is 8. The highest BCUT2D eigenvalue weighted by molar-refractivity contribution is 7.88. The molecule has 1 fully saturated rings. The highest BCUT2D eigenvalue weighted by Crippen LogP contribution is 2.28. The van der Waals surface area contributed by atoms with E-state index >= 15 is 0 Å². The van der Waals surface area contributed by atoms with Gasteiger partial charge in [-0.25, -0.2) is 23.1 Å². The monoisotopic (exact) mass is 479 g/mol. The molecule has 3 aromatic rings. The number of hydrogen-bond acceptors (Lipinski definition) is 8. The minimum absolute atomic E-state index is 0.0475. The first-order valence-corrected chi connectivity index (χ1v) is 12.5. The van der Waals surface area contributed by atoms with Crippen LogP contribution in [0, 0.1) is 11.3 Å². The van der Waals surface area contributed by atoms with Crippen molar-refractivity contribution in [1.29, 1.82) is 5.26 Å². The Morgan fingerprint density at radius 3 is 2.62 bits per heavy atom. The van der Waals surface area contributed by atoms with Gasteiger partial charge < -0.3 is 14.8 Å². The van der Waals surface area contributed by atoms with E-state index in [2.05, 4.69) is 26.1 Å². The van der Waals surface area contributed by atoms with Crippen LogP contribution >= 0.6 is 0 Å². The molecular weight excluding hydrogens is 454 g/mol. The normalized spacial score (nSPS) is 14.4. The van der Waals surface area contributed by atoms with Gasteiger partial charge in [0.2, 0.25) is 16.0 Å². The predicted molar refractivity (Wildman–Crippen MR) is 128 cm³/mol. The Balaban J connectivity index is 1.48. The number of sulfonamides is 1. The molecule has 9 nitrogen and oxygen atoms in total. The van der Waals surface area contributed by atoms with E-state index in [4.69, 9.17) is 9.47 Å². The van der Waals surface area contributed by atoms with E-state index < -0.39 is 10.0 Å². The molecule has 2 N–H and O–H groups in total. The van der Waals surface area contributed by atoms with E-state index in [-0.39, 0.29) is 11.9 Å². The second-order valence-electron chi connectivity index (χ2n) is 7.80. The largest absolute Gasteiger partial charge is 0.489 e. The van der Waals surface area contributed by atoms with Gasteiger partial charge in [0.1, 0.15) is 17.9 Å². The molecule has 1 aliphatic heterocycles. The summed E-state index contributed by atoms with van der Waals surface area (Å²) < 4.78 is 37.1. The zero-order valence-electron chi connectivity index (χ0n) is 18.7. The fourth-order valence-electron chi connectivity index (χ4n) is 3.54. The lowest BCUT2D eigenvalue weighted by molar-refractivity contribution is 0.0254. The molecule has 4 rings (SSSR count). The topological polar surface area (TPSA) is 126 Å². The molecule has 34 heavy (non-hydrogen) atoms. The summed E-state index contributed by atoms with van der Waals surface area (Å²) in [7, 11) is -1.94. The van der Waals surface area contributed by atoms with Crippen molar-refractivity contribution in [3.05, 3.63) is 65.9 Å². The highest BCUT2D eigenvalue weighted by atomic mass is 32.2. The first-order chi connectivity index (χ1) is 16.5. The van der Waals surface area contributed by atoms with Crippen molar-refractivity contribution >= 4 is 21.7 Å². The second-order valence-corrected chi connectivity index (χ2v) is 9.73. The first kappa shape index (κ1) is 23.6. The van der Waals surface area contributed by atoms with Gasteiger partial charge in [0.15, 0.2) is 0 Å². The maximum Gasteiger partial charge on any atom is 0.227 e. The van der Waals surface area contributed by atoms with Crippen LogP contribution in [0.3, 0.4) is 0 Å². The zero-order valence-corrected chi connectivity index (χ0v) is 19.5. The molecule has 1 aromatic heterocycles. The van der Waals surface area contributed by atoms with Crippen molar-refractivity contribution < 1.29 is 17.9 Å². The van der Waals surface area contributed by atoms with Gasteiger partial charge in [-0.15, -0.1) is 0 Å². The quantitative estimate of drug-likeness (QED) is 0.504. The van der Waals surface area contributed by atoms with Gasteiger partial charge in [0.25, 0.3) is 0 Å². The van der Waals surface area contributed by atoms with Crippen molar-refractivity contribution in [2.75, 3.05) is 25.6 Å². The van der Waals surface area contributed by atoms with Gasteiger partial charge in [-0.2, -0.15) is 5.26 Å². The van der Waals surface area contributed by atoms with Gasteiger partial charge in [-0.1, -0.05) is 12.1 Å². The maximum absolute atomic E-state index is 11.7. The third-order valence-electron chi connectivity index (χ3n) is 5.39. The predicted octanol–water partition coefficient (Wildman–Crippen LogP) is 3.37. The van der Waals surface area contributed by atoms with Crippen LogP contribution in [0.1, 0.15) is 24.0 Å². The Morgan fingerprint density at radius 1 is 1.15 bits per heavy atom. The average Bonchev–Trinajstić information content (AvgIpc) is 2.86. The van der Waals surface area contributed by atoms with Crippen LogP contribution in [0.2, 0.25) is 0 Å². The van der Waals surface area contributed by atoms with Crippen molar-refractivity contribution in [3.8, 4) is 23.1 Å². The van der Waals surface area contributed by atoms with Gasteiger partial charge in [0.05, 0.1) is 30.2 Å². The molecule has 0 spiro atoms. The number of anilines is 2. The summed E-state index contributed by atoms with van der Waals surface area (Å²) in [5.74, 6) is 0.852. The Bertz CT molecular complexity index is 1280. The molecular formula is C24H25N5O4S. The average molecular weight is 480 g/mol. The SMILES string of the molecule is CNS(=O)(=O)Cc1ccc(Nc2nccc(-c3ccc(OC4CCOCC4)c(C#N)c3)n2)cc1. The third kappa shape index (κ3) is 6.08. The minimum atomic E-state index is -3.33. The summed E-state index contributed by atoms with van der Waals surface area (Å²) >= 11 is 0. The van der Waals surface area contributed by atoms with Crippen molar-refractivity contribution in [3.63, 3.8) is 0 Å². The Labute approximate surface area is 198 Å². The van der Waals surface area contributed by atoms with E-state index in [0.717, 1.165) is 24.1 Å². The number of aromatic nitrogens is 2. The molecule has 2 heterocycles. The van der Waals surface area contributed by atoms with E-state index in [9.17, 15) is 13.7 Å². The van der Waals surface area contributed by atoms with Gasteiger partial charge in [0, 0.05) is 30.3 Å². The summed E-state index contributed by atoms with van der Waals surface area (Å²) in [5.41, 5.74) is 3.27. The maximum atomic E-state index is 11.7. The smallest absolute Gasteiger partial charge is 0.227 e. The summed E-state index contributed by atoms with van der Waals surface area (Å²) in [6.45, 7) is 1.33. The van der Waals surface area contributed by atoms with Crippen LogP contribution in [0.4, 0.5) is 11.6 Å². The molecule has 0 atom stereocenters. The number of benzene rings is 2. The molecule has 10 heteroatoms. The van der Waals surface area contributed by atoms with Crippen LogP contribution in [-0.2, 0) is 20.5 Å². The van der Waals surface area contributed by atoms with Crippen LogP contribution < -0.4 is 14.8 Å². The molecule has 0 saturated carbocycles. The molecule has 0 radical (unpaired) electrons. The van der Waals surface area contributed by atoms with E-state index in [1.54, 1.807) is 48.7 Å². The summed E-state index contributed by atoms with van der Waals surface area (Å²) in [5, 5.41) is 12.8. The molecule has 0 unspecified atom stereocenters. The highest BCUT2D eigenvalue weighted by Gasteiger charge is 2.17. The Hall–Kier alpha value is -3.52. The number of hydrogen-bond donors (Lipinski definition) is 2. The second kappa shape index (κ2) is 10.6. The number of nitrogens with one attached hydrogen (secondary N) is 2. The lowest BCUT2D eigenvalue weighted by atomic mass is 10.1. The summed E-state index contributed by atoms with van der Waals surface area (Å²) in [6, 6.07) is 16.4. The van der Waals surface area contributed by atoms with E-state index in [1.165, 1.54) is 7.05 Å². The summed E-state index contributed by atoms with van der Waals surface area (Å²) in [6.07, 6.45) is 3.29. The minimum Gasteiger partial charge on any atom is -0.489 e. The standard InChI is InChI=1S/C24H25N5O4S/c1-26-34(30,31)16-17-2-5-20(6-3-17)28-24-27-11-8-22(29-24)18-4-7-23(19(14-18)15-25)33-21-9-12-32-13-10-21/h2-8,11,14,21,26H,9-10,12-13,16H2,1H3,(H,27,28,29). The Kier molecular flexibility index (Phi) is 7.37. The number of nitriles is 1. The van der Waals surface area contributed by atoms with Gasteiger partial charge in [-0.3, -0.25) is 0 Å². The zero-order chi connectivity index (χ0) is 24.0. The molecule has 0 bridgehead atoms. The van der Waals surface area contributed by atoms with Crippen molar-refractivity contribution in [2.45, 2.75) is 24.7 Å². The third-order valence-corrected chi connectivity index (χ3v) is 6.73. The first-order valence-electron chi connectivity index (χ1n) is 10.8. The fourth-order valence-corrected chi connectivity index (χ4v) is 4.31. The van der Waals surface area contributed by atoms with Crippen LogP contribution in [0.15, 0.2) is 54.7 Å². The van der Waals surface area contributed by atoms with Crippen LogP contribution in [-0.4, -0.2) is 44.8 Å². The van der Waals surface area contributed by atoms with Crippen molar-refractivity contribution in [2.24, 2.45) is 0 Å². The molecule has 0 amide bonds. The lowest BCUT2D eigenvalue weighted by Gasteiger charge is -2.23. The fraction of sp³-hybridized carbons (Fsp3) is 0.292. The van der Waals surface area contributed by atoms with E-state index in [0.29, 0.717) is 41.7 Å². The van der Waals surface area contributed by atoms with Crippen molar-refractivity contribution in [1.82, 2.24) is 14.7 Å². The molecule has 2 aromatic carbocycles. The molecule has 1 saturated heterocycles. The number of nitrogens with zero attached hydrogens (tertiary/aromatic N) is 3. The lowest BCUT2D eigenvalue weighted by Crippen LogP contribution is -2.26. The molecule has 1 aliphatic rings. The van der Waals surface area contributed by atoms with E-state index in [1.807, 2.05) is 6.07 Å². The molecule has 176 valence electrons. The van der Waals surface area contributed by atoms with Gasteiger partial charge in [-0.05, 0) is 49.0 Å². The molecule has 0 aliphatic carbocycles. The summed E-state index contributed by atoms with van der Waals surface area (Å²) in [4.78, 5) is 8.82. The Morgan fingerprint density at radius 2 is 1.91 bits per heavy atom. The van der Waals surface area contributed by atoms with Crippen LogP contribution in [0.25, 0.3) is 11.3 Å².